The Morgan fingerprint density at radius 3 is 3.06 bits per heavy atom. The van der Waals surface area contributed by atoms with Gasteiger partial charge in [0.2, 0.25) is 0 Å². The quantitative estimate of drug-likeness (QED) is 0.679. The Bertz CT molecular complexity index is 485. The van der Waals surface area contributed by atoms with Gasteiger partial charge in [0.05, 0.1) is 6.61 Å². The van der Waals surface area contributed by atoms with Gasteiger partial charge in [0.1, 0.15) is 17.7 Å². The van der Waals surface area contributed by atoms with Crippen LogP contribution < -0.4 is 11.4 Å². The normalized spacial score (nSPS) is 25.2. The third-order valence-corrected chi connectivity index (χ3v) is 2.17. The molecule has 0 saturated heterocycles. The number of aromatic nitrogens is 2. The van der Waals surface area contributed by atoms with E-state index in [4.69, 9.17) is 15.6 Å². The molecule has 0 amide bonds. The molecule has 0 unspecified atom stereocenters. The standard InChI is InChI=1S/C9H10FN3O3/c10-5-3-8(16-4-6(5)14)13-2-1-7(11)12-9(13)15/h1-3,6,8,14H,4H2,(H2,11,12,15)/t6-,8+/m0/s1. The highest BCUT2D eigenvalue weighted by Gasteiger charge is 2.23. The summed E-state index contributed by atoms with van der Waals surface area (Å²) in [6.45, 7) is -0.205. The maximum absolute atomic E-state index is 13.1. The van der Waals surface area contributed by atoms with Crippen LogP contribution in [0.2, 0.25) is 0 Å². The van der Waals surface area contributed by atoms with E-state index in [2.05, 4.69) is 4.98 Å². The summed E-state index contributed by atoms with van der Waals surface area (Å²) in [5.41, 5.74) is 4.68. The maximum atomic E-state index is 13.1. The van der Waals surface area contributed by atoms with Gasteiger partial charge >= 0.3 is 5.69 Å². The predicted molar refractivity (Wildman–Crippen MR) is 53.1 cm³/mol. The van der Waals surface area contributed by atoms with Gasteiger partial charge in [0.15, 0.2) is 6.23 Å². The van der Waals surface area contributed by atoms with Crippen LogP contribution in [0.5, 0.6) is 0 Å². The largest absolute Gasteiger partial charge is 0.384 e. The third-order valence-electron chi connectivity index (χ3n) is 2.17. The van der Waals surface area contributed by atoms with E-state index >= 15 is 0 Å². The molecule has 86 valence electrons. The molecule has 2 heterocycles. The fourth-order valence-corrected chi connectivity index (χ4v) is 1.34. The molecule has 2 atom stereocenters. The van der Waals surface area contributed by atoms with E-state index < -0.39 is 23.8 Å². The number of aliphatic hydroxyl groups excluding tert-OH is 1. The molecule has 2 rings (SSSR count). The van der Waals surface area contributed by atoms with Crippen molar-refractivity contribution in [1.82, 2.24) is 9.55 Å². The van der Waals surface area contributed by atoms with Crippen molar-refractivity contribution in [1.29, 1.82) is 0 Å². The van der Waals surface area contributed by atoms with Gasteiger partial charge in [-0.05, 0) is 12.1 Å². The summed E-state index contributed by atoms with van der Waals surface area (Å²) >= 11 is 0. The molecule has 1 aromatic rings. The summed E-state index contributed by atoms with van der Waals surface area (Å²) in [4.78, 5) is 14.9. The van der Waals surface area contributed by atoms with Gasteiger partial charge in [-0.1, -0.05) is 0 Å². The third kappa shape index (κ3) is 1.95. The number of nitrogen functional groups attached to an aromatic ring is 1. The molecule has 1 aliphatic rings. The Balaban J connectivity index is 2.35. The van der Waals surface area contributed by atoms with E-state index in [1.165, 1.54) is 12.3 Å². The lowest BCUT2D eigenvalue weighted by atomic mass is 10.2. The lowest BCUT2D eigenvalue weighted by Crippen LogP contribution is -2.32. The van der Waals surface area contributed by atoms with Crippen LogP contribution >= 0.6 is 0 Å². The van der Waals surface area contributed by atoms with Crippen LogP contribution in [0.1, 0.15) is 6.23 Å². The summed E-state index contributed by atoms with van der Waals surface area (Å²) in [5.74, 6) is -0.637. The average Bonchev–Trinajstić information content (AvgIpc) is 2.22. The predicted octanol–water partition coefficient (Wildman–Crippen LogP) is -0.431. The molecule has 0 aromatic carbocycles. The molecule has 7 heteroatoms. The van der Waals surface area contributed by atoms with Crippen LogP contribution in [0, 0.1) is 0 Å². The Morgan fingerprint density at radius 1 is 1.69 bits per heavy atom. The average molecular weight is 227 g/mol. The maximum Gasteiger partial charge on any atom is 0.351 e. The second kappa shape index (κ2) is 4.03. The molecule has 6 nitrogen and oxygen atoms in total. The molecule has 3 N–H and O–H groups in total. The van der Waals surface area contributed by atoms with Crippen molar-refractivity contribution in [2.75, 3.05) is 12.3 Å². The van der Waals surface area contributed by atoms with E-state index in [1.54, 1.807) is 0 Å². The number of hydrogen-bond acceptors (Lipinski definition) is 5. The lowest BCUT2D eigenvalue weighted by Gasteiger charge is -2.23. The molecule has 0 spiro atoms. The van der Waals surface area contributed by atoms with Crippen molar-refractivity contribution < 1.29 is 14.2 Å². The number of halogens is 1. The second-order valence-corrected chi connectivity index (χ2v) is 3.33. The summed E-state index contributed by atoms with van der Waals surface area (Å²) in [6.07, 6.45) is 0.210. The van der Waals surface area contributed by atoms with Gasteiger partial charge in [0, 0.05) is 6.20 Å². The van der Waals surface area contributed by atoms with Crippen LogP contribution in [-0.2, 0) is 4.74 Å². The number of nitrogens with two attached hydrogens (primary N) is 1. The zero-order chi connectivity index (χ0) is 11.7. The molecule has 0 bridgehead atoms. The number of aliphatic hydroxyl groups is 1. The SMILES string of the molecule is Nc1ccn([C@H]2C=C(F)[C@@H](O)CO2)c(=O)n1. The van der Waals surface area contributed by atoms with Gasteiger partial charge in [-0.3, -0.25) is 4.57 Å². The van der Waals surface area contributed by atoms with E-state index in [1.807, 2.05) is 0 Å². The Kier molecular flexibility index (Phi) is 2.71. The Hall–Kier alpha value is -1.73. The van der Waals surface area contributed by atoms with Crippen LogP contribution in [0.25, 0.3) is 0 Å². The summed E-state index contributed by atoms with van der Waals surface area (Å²) in [7, 11) is 0. The first-order valence-electron chi connectivity index (χ1n) is 4.59. The van der Waals surface area contributed by atoms with E-state index in [9.17, 15) is 9.18 Å². The minimum Gasteiger partial charge on any atom is -0.384 e. The van der Waals surface area contributed by atoms with E-state index in [0.717, 1.165) is 10.6 Å². The first kappa shape index (κ1) is 10.8. The molecule has 0 radical (unpaired) electrons. The monoisotopic (exact) mass is 227 g/mol. The van der Waals surface area contributed by atoms with Crippen molar-refractivity contribution >= 4 is 5.82 Å². The molecular formula is C9H10FN3O3. The van der Waals surface area contributed by atoms with Gasteiger partial charge in [-0.25, -0.2) is 9.18 Å². The van der Waals surface area contributed by atoms with Crippen LogP contribution in [0.4, 0.5) is 10.2 Å². The highest BCUT2D eigenvalue weighted by atomic mass is 19.1. The van der Waals surface area contributed by atoms with Crippen molar-refractivity contribution in [3.8, 4) is 0 Å². The molecule has 0 aliphatic carbocycles. The molecule has 1 aromatic heterocycles. The second-order valence-electron chi connectivity index (χ2n) is 3.33. The number of anilines is 1. The van der Waals surface area contributed by atoms with Crippen LogP contribution in [-0.4, -0.2) is 27.4 Å². The molecule has 0 saturated carbocycles. The molecular weight excluding hydrogens is 217 g/mol. The van der Waals surface area contributed by atoms with Crippen molar-refractivity contribution in [3.63, 3.8) is 0 Å². The van der Waals surface area contributed by atoms with Crippen LogP contribution in [0.3, 0.4) is 0 Å². The summed E-state index contributed by atoms with van der Waals surface area (Å²) in [6, 6.07) is 1.40. The van der Waals surface area contributed by atoms with Gasteiger partial charge in [-0.2, -0.15) is 4.98 Å². The molecule has 1 aliphatic heterocycles. The first-order chi connectivity index (χ1) is 7.58. The fourth-order valence-electron chi connectivity index (χ4n) is 1.34. The first-order valence-corrected chi connectivity index (χ1v) is 4.59. The van der Waals surface area contributed by atoms with Gasteiger partial charge < -0.3 is 15.6 Å². The highest BCUT2D eigenvalue weighted by molar-refractivity contribution is 5.23. The zero-order valence-electron chi connectivity index (χ0n) is 8.21. The topological polar surface area (TPSA) is 90.4 Å². The zero-order valence-corrected chi connectivity index (χ0v) is 8.21. The van der Waals surface area contributed by atoms with Crippen molar-refractivity contribution in [2.45, 2.75) is 12.3 Å². The minimum absolute atomic E-state index is 0.0848. The van der Waals surface area contributed by atoms with Crippen molar-refractivity contribution in [2.24, 2.45) is 0 Å². The fraction of sp³-hybridized carbons (Fsp3) is 0.333. The van der Waals surface area contributed by atoms with Gasteiger partial charge in [-0.15, -0.1) is 0 Å². The molecule has 16 heavy (non-hydrogen) atoms. The number of hydrogen-bond donors (Lipinski definition) is 2. The summed E-state index contributed by atoms with van der Waals surface area (Å²) in [5, 5.41) is 9.06. The molecule has 0 fully saturated rings. The van der Waals surface area contributed by atoms with E-state index in [0.29, 0.717) is 0 Å². The van der Waals surface area contributed by atoms with Crippen molar-refractivity contribution in [3.05, 3.63) is 34.7 Å². The van der Waals surface area contributed by atoms with Crippen LogP contribution in [0.15, 0.2) is 29.0 Å². The minimum atomic E-state index is -1.27. The summed E-state index contributed by atoms with van der Waals surface area (Å²) < 4.78 is 19.3. The number of rotatable bonds is 1. The van der Waals surface area contributed by atoms with E-state index in [-0.39, 0.29) is 12.4 Å². The van der Waals surface area contributed by atoms with Gasteiger partial charge in [0.25, 0.3) is 0 Å². The number of ether oxygens (including phenoxy) is 1. The Morgan fingerprint density at radius 2 is 2.44 bits per heavy atom. The Labute approximate surface area is 89.8 Å². The highest BCUT2D eigenvalue weighted by Crippen LogP contribution is 2.20. The smallest absolute Gasteiger partial charge is 0.351 e. The number of nitrogens with zero attached hydrogens (tertiary/aromatic N) is 2. The lowest BCUT2D eigenvalue weighted by molar-refractivity contribution is -0.0345.